The van der Waals surface area contributed by atoms with Gasteiger partial charge in [0.15, 0.2) is 0 Å². The van der Waals surface area contributed by atoms with Crippen molar-refractivity contribution in [1.29, 1.82) is 0 Å². The molecule has 10 heteroatoms. The first kappa shape index (κ1) is 26.8. The van der Waals surface area contributed by atoms with Gasteiger partial charge in [-0.2, -0.15) is 4.31 Å². The third-order valence-electron chi connectivity index (χ3n) is 6.58. The molecule has 0 bridgehead atoms. The van der Waals surface area contributed by atoms with Crippen LogP contribution < -0.4 is 9.62 Å². The Kier molecular flexibility index (Phi) is 7.72. The summed E-state index contributed by atoms with van der Waals surface area (Å²) in [5.41, 5.74) is 3.37. The number of sulfonamides is 2. The van der Waals surface area contributed by atoms with Crippen LogP contribution in [0.15, 0.2) is 76.5 Å². The van der Waals surface area contributed by atoms with E-state index in [0.717, 1.165) is 33.8 Å². The molecule has 8 nitrogen and oxygen atoms in total. The monoisotopic (exact) mass is 541 g/mol. The highest BCUT2D eigenvalue weighted by Gasteiger charge is 2.29. The molecule has 0 saturated carbocycles. The number of rotatable bonds is 8. The number of aryl methyl sites for hydroxylation is 2. The maximum absolute atomic E-state index is 13.7. The maximum Gasteiger partial charge on any atom is 0.264 e. The van der Waals surface area contributed by atoms with Gasteiger partial charge in [-0.25, -0.2) is 16.8 Å². The Hall–Kier alpha value is -3.21. The van der Waals surface area contributed by atoms with Crippen molar-refractivity contribution in [2.45, 2.75) is 43.4 Å². The van der Waals surface area contributed by atoms with E-state index in [4.69, 9.17) is 0 Å². The van der Waals surface area contributed by atoms with Gasteiger partial charge in [0, 0.05) is 18.8 Å². The predicted molar refractivity (Wildman–Crippen MR) is 145 cm³/mol. The number of hydrogen-bond acceptors (Lipinski definition) is 5. The molecule has 196 valence electrons. The average Bonchev–Trinajstić information content (AvgIpc) is 3.41. The van der Waals surface area contributed by atoms with E-state index in [2.05, 4.69) is 5.32 Å². The zero-order valence-corrected chi connectivity index (χ0v) is 22.8. The van der Waals surface area contributed by atoms with E-state index in [1.54, 1.807) is 24.3 Å². The molecule has 1 N–H and O–H groups in total. The highest BCUT2D eigenvalue weighted by atomic mass is 32.2. The summed E-state index contributed by atoms with van der Waals surface area (Å²) < 4.78 is 55.4. The molecule has 0 aliphatic carbocycles. The summed E-state index contributed by atoms with van der Waals surface area (Å²) in [7, 11) is -7.61. The largest absolute Gasteiger partial charge is 0.325 e. The minimum absolute atomic E-state index is 0.0864. The third kappa shape index (κ3) is 5.71. The summed E-state index contributed by atoms with van der Waals surface area (Å²) >= 11 is 0. The minimum atomic E-state index is -4.05. The summed E-state index contributed by atoms with van der Waals surface area (Å²) in [5.74, 6) is -0.549. The lowest BCUT2D eigenvalue weighted by molar-refractivity contribution is -0.114. The van der Waals surface area contributed by atoms with E-state index >= 15 is 0 Å². The van der Waals surface area contributed by atoms with E-state index in [-0.39, 0.29) is 9.79 Å². The maximum atomic E-state index is 13.7. The number of amides is 1. The molecule has 4 rings (SSSR count). The number of nitrogens with one attached hydrogen (secondary N) is 1. The van der Waals surface area contributed by atoms with Gasteiger partial charge in [0.05, 0.1) is 15.5 Å². The summed E-state index contributed by atoms with van der Waals surface area (Å²) in [4.78, 5) is 13.3. The van der Waals surface area contributed by atoms with Crippen molar-refractivity contribution in [3.05, 3.63) is 83.4 Å². The molecule has 0 radical (unpaired) electrons. The molecule has 1 aliphatic rings. The molecule has 1 amide bonds. The molecule has 1 fully saturated rings. The molecular weight excluding hydrogens is 510 g/mol. The Balaban J connectivity index is 1.59. The van der Waals surface area contributed by atoms with Crippen LogP contribution in [-0.4, -0.2) is 46.7 Å². The molecule has 0 unspecified atom stereocenters. The summed E-state index contributed by atoms with van der Waals surface area (Å²) in [6.45, 7) is 6.13. The molecule has 37 heavy (non-hydrogen) atoms. The first-order chi connectivity index (χ1) is 17.5. The summed E-state index contributed by atoms with van der Waals surface area (Å²) in [6, 6.07) is 17.7. The fraction of sp³-hybridized carbons (Fsp3) is 0.296. The van der Waals surface area contributed by atoms with Crippen molar-refractivity contribution < 1.29 is 21.6 Å². The highest BCUT2D eigenvalue weighted by molar-refractivity contribution is 7.92. The standard InChI is InChI=1S/C27H31N3O5S2/c1-20-9-13-25(14-10-20)37(34,35)30(26-8-6-7-21(2)22(26)3)19-27(31)28-23-11-15-24(16-12-23)36(32,33)29-17-4-5-18-29/h6-16H,4-5,17-19H2,1-3H3,(H,28,31). The second-order valence-electron chi connectivity index (χ2n) is 9.23. The van der Waals surface area contributed by atoms with Crippen LogP contribution in [0.3, 0.4) is 0 Å². The Bertz CT molecular complexity index is 1490. The molecule has 3 aromatic rings. The van der Waals surface area contributed by atoms with Gasteiger partial charge in [0.25, 0.3) is 10.0 Å². The Labute approximate surface area is 219 Å². The molecule has 0 aromatic heterocycles. The lowest BCUT2D eigenvalue weighted by Crippen LogP contribution is -2.38. The lowest BCUT2D eigenvalue weighted by atomic mass is 10.1. The second kappa shape index (κ2) is 10.6. The topological polar surface area (TPSA) is 104 Å². The molecule has 3 aromatic carbocycles. The fourth-order valence-electron chi connectivity index (χ4n) is 4.26. The molecule has 0 spiro atoms. The Morgan fingerprint density at radius 2 is 1.43 bits per heavy atom. The van der Waals surface area contributed by atoms with Crippen LogP contribution in [0.5, 0.6) is 0 Å². The quantitative estimate of drug-likeness (QED) is 0.460. The summed E-state index contributed by atoms with van der Waals surface area (Å²) in [5, 5.41) is 2.70. The van der Waals surface area contributed by atoms with Crippen LogP contribution in [0, 0.1) is 20.8 Å². The zero-order chi connectivity index (χ0) is 26.8. The number of nitrogens with zero attached hydrogens (tertiary/aromatic N) is 2. The van der Waals surface area contributed by atoms with E-state index < -0.39 is 32.5 Å². The third-order valence-corrected chi connectivity index (χ3v) is 10.3. The normalized spacial score (nSPS) is 14.5. The van der Waals surface area contributed by atoms with E-state index in [1.807, 2.05) is 26.8 Å². The van der Waals surface area contributed by atoms with Crippen molar-refractivity contribution in [2.24, 2.45) is 0 Å². The van der Waals surface area contributed by atoms with Crippen LogP contribution in [0.1, 0.15) is 29.5 Å². The van der Waals surface area contributed by atoms with Gasteiger partial charge in [-0.05, 0) is 87.2 Å². The van der Waals surface area contributed by atoms with E-state index in [9.17, 15) is 21.6 Å². The number of carbonyl (C=O) groups is 1. The number of hydrogen-bond donors (Lipinski definition) is 1. The SMILES string of the molecule is Cc1ccc(S(=O)(=O)N(CC(=O)Nc2ccc(S(=O)(=O)N3CCCC3)cc2)c2cccc(C)c2C)cc1. The zero-order valence-electron chi connectivity index (χ0n) is 21.1. The van der Waals surface area contributed by atoms with Gasteiger partial charge in [-0.3, -0.25) is 9.10 Å². The number of carbonyl (C=O) groups excluding carboxylic acids is 1. The van der Waals surface area contributed by atoms with Gasteiger partial charge in [0.1, 0.15) is 6.54 Å². The highest BCUT2D eigenvalue weighted by Crippen LogP contribution is 2.29. The predicted octanol–water partition coefficient (Wildman–Crippen LogP) is 4.23. The fourth-order valence-corrected chi connectivity index (χ4v) is 7.26. The van der Waals surface area contributed by atoms with Crippen LogP contribution in [0.2, 0.25) is 0 Å². The van der Waals surface area contributed by atoms with Crippen LogP contribution >= 0.6 is 0 Å². The van der Waals surface area contributed by atoms with E-state index in [0.29, 0.717) is 24.5 Å². The second-order valence-corrected chi connectivity index (χ2v) is 13.0. The van der Waals surface area contributed by atoms with Crippen LogP contribution in [0.4, 0.5) is 11.4 Å². The number of anilines is 2. The summed E-state index contributed by atoms with van der Waals surface area (Å²) in [6.07, 6.45) is 1.69. The van der Waals surface area contributed by atoms with Crippen molar-refractivity contribution in [3.63, 3.8) is 0 Å². The van der Waals surface area contributed by atoms with Gasteiger partial charge < -0.3 is 5.32 Å². The van der Waals surface area contributed by atoms with Gasteiger partial charge >= 0.3 is 0 Å². The van der Waals surface area contributed by atoms with Gasteiger partial charge in [-0.15, -0.1) is 0 Å². The van der Waals surface area contributed by atoms with Crippen molar-refractivity contribution in [3.8, 4) is 0 Å². The van der Waals surface area contributed by atoms with Crippen molar-refractivity contribution >= 4 is 37.3 Å². The van der Waals surface area contributed by atoms with Gasteiger partial charge in [-0.1, -0.05) is 29.8 Å². The number of benzene rings is 3. The molecule has 1 saturated heterocycles. The van der Waals surface area contributed by atoms with Crippen molar-refractivity contribution in [2.75, 3.05) is 29.3 Å². The molecule has 1 aliphatic heterocycles. The minimum Gasteiger partial charge on any atom is -0.325 e. The lowest BCUT2D eigenvalue weighted by Gasteiger charge is -2.26. The molecule has 0 atom stereocenters. The first-order valence-corrected chi connectivity index (χ1v) is 14.9. The smallest absolute Gasteiger partial charge is 0.264 e. The Morgan fingerprint density at radius 3 is 2.05 bits per heavy atom. The first-order valence-electron chi connectivity index (χ1n) is 12.1. The Morgan fingerprint density at radius 1 is 0.838 bits per heavy atom. The van der Waals surface area contributed by atoms with Gasteiger partial charge in [0.2, 0.25) is 15.9 Å². The average molecular weight is 542 g/mol. The van der Waals surface area contributed by atoms with Crippen LogP contribution in [-0.2, 0) is 24.8 Å². The molecule has 1 heterocycles. The van der Waals surface area contributed by atoms with Crippen molar-refractivity contribution in [1.82, 2.24) is 4.31 Å². The van der Waals surface area contributed by atoms with Crippen LogP contribution in [0.25, 0.3) is 0 Å². The molecular formula is C27H31N3O5S2. The van der Waals surface area contributed by atoms with E-state index in [1.165, 1.54) is 40.7 Å².